The topological polar surface area (TPSA) is 64.4 Å². The first kappa shape index (κ1) is 19.4. The van der Waals surface area contributed by atoms with E-state index in [9.17, 15) is 9.59 Å². The summed E-state index contributed by atoms with van der Waals surface area (Å²) >= 11 is 1.55. The zero-order chi connectivity index (χ0) is 20.2. The summed E-state index contributed by atoms with van der Waals surface area (Å²) in [6.07, 6.45) is 3.33. The number of para-hydroxylation sites is 1. The van der Waals surface area contributed by atoms with Crippen LogP contribution in [0.2, 0.25) is 0 Å². The molecule has 0 bridgehead atoms. The van der Waals surface area contributed by atoms with Crippen molar-refractivity contribution in [2.24, 2.45) is 5.92 Å². The van der Waals surface area contributed by atoms with E-state index in [4.69, 9.17) is 9.84 Å². The van der Waals surface area contributed by atoms with Crippen LogP contribution >= 0.6 is 11.3 Å². The summed E-state index contributed by atoms with van der Waals surface area (Å²) < 4.78 is 6.91. The lowest BCUT2D eigenvalue weighted by Gasteiger charge is -2.31. The molecule has 0 N–H and O–H groups in total. The SMILES string of the molecule is CCOC(=O)[C@H]1CCCN(C(=O)c2cn(-c3ccccc3)nc2-c2cccs2)C1. The van der Waals surface area contributed by atoms with Gasteiger partial charge in [0.1, 0.15) is 5.69 Å². The number of esters is 1. The minimum Gasteiger partial charge on any atom is -0.466 e. The number of hydrogen-bond acceptors (Lipinski definition) is 5. The van der Waals surface area contributed by atoms with Crippen LogP contribution in [0, 0.1) is 5.92 Å². The maximum Gasteiger partial charge on any atom is 0.310 e. The highest BCUT2D eigenvalue weighted by atomic mass is 32.1. The summed E-state index contributed by atoms with van der Waals surface area (Å²) in [5.41, 5.74) is 2.13. The standard InChI is InChI=1S/C22H23N3O3S/c1-2-28-22(27)16-8-6-12-24(14-16)21(26)18-15-25(17-9-4-3-5-10-17)23-20(18)19-11-7-13-29-19/h3-5,7,9-11,13,15-16H,2,6,8,12,14H2,1H3/t16-/m0/s1. The Bertz CT molecular complexity index is 982. The van der Waals surface area contributed by atoms with Crippen LogP contribution in [0.5, 0.6) is 0 Å². The molecule has 1 saturated heterocycles. The fourth-order valence-electron chi connectivity index (χ4n) is 3.62. The summed E-state index contributed by atoms with van der Waals surface area (Å²) in [6, 6.07) is 13.7. The number of aromatic nitrogens is 2. The third-order valence-corrected chi connectivity index (χ3v) is 5.93. The first-order valence-corrected chi connectivity index (χ1v) is 10.7. The molecule has 1 aliphatic heterocycles. The van der Waals surface area contributed by atoms with E-state index in [-0.39, 0.29) is 17.8 Å². The Morgan fingerprint density at radius 1 is 1.21 bits per heavy atom. The third-order valence-electron chi connectivity index (χ3n) is 5.05. The predicted octanol–water partition coefficient (Wildman–Crippen LogP) is 4.02. The summed E-state index contributed by atoms with van der Waals surface area (Å²) in [5, 5.41) is 6.69. The van der Waals surface area contributed by atoms with Gasteiger partial charge in [0.25, 0.3) is 5.91 Å². The number of piperidine rings is 1. The average Bonchev–Trinajstić information content (AvgIpc) is 3.44. The molecule has 0 aliphatic carbocycles. The molecule has 0 radical (unpaired) electrons. The van der Waals surface area contributed by atoms with E-state index in [0.717, 1.165) is 23.4 Å². The number of amides is 1. The lowest BCUT2D eigenvalue weighted by Crippen LogP contribution is -2.42. The van der Waals surface area contributed by atoms with Gasteiger partial charge in [-0.05, 0) is 43.3 Å². The summed E-state index contributed by atoms with van der Waals surface area (Å²) in [6.45, 7) is 3.18. The lowest BCUT2D eigenvalue weighted by atomic mass is 9.97. The maximum atomic E-state index is 13.4. The molecule has 7 heteroatoms. The van der Waals surface area contributed by atoms with Gasteiger partial charge >= 0.3 is 5.97 Å². The number of nitrogens with zero attached hydrogens (tertiary/aromatic N) is 3. The van der Waals surface area contributed by atoms with Gasteiger partial charge in [-0.1, -0.05) is 24.3 Å². The number of rotatable bonds is 5. The third kappa shape index (κ3) is 4.10. The molecule has 1 aromatic carbocycles. The van der Waals surface area contributed by atoms with Gasteiger partial charge in [0, 0.05) is 19.3 Å². The number of thiophene rings is 1. The Hall–Kier alpha value is -2.93. The van der Waals surface area contributed by atoms with Crippen LogP contribution in [0.4, 0.5) is 0 Å². The molecule has 1 aliphatic rings. The van der Waals surface area contributed by atoms with Crippen LogP contribution < -0.4 is 0 Å². The van der Waals surface area contributed by atoms with Crippen LogP contribution in [0.3, 0.4) is 0 Å². The van der Waals surface area contributed by atoms with Gasteiger partial charge in [-0.15, -0.1) is 11.3 Å². The van der Waals surface area contributed by atoms with Crippen LogP contribution in [-0.2, 0) is 9.53 Å². The molecule has 29 heavy (non-hydrogen) atoms. The van der Waals surface area contributed by atoms with Crippen LogP contribution in [0.15, 0.2) is 54.0 Å². The summed E-state index contributed by atoms with van der Waals surface area (Å²) in [4.78, 5) is 28.3. The number of carbonyl (C=O) groups is 2. The predicted molar refractivity (Wildman–Crippen MR) is 112 cm³/mol. The molecular formula is C22H23N3O3S. The van der Waals surface area contributed by atoms with Crippen LogP contribution in [0.1, 0.15) is 30.1 Å². The van der Waals surface area contributed by atoms with E-state index in [0.29, 0.717) is 31.0 Å². The van der Waals surface area contributed by atoms with Crippen molar-refractivity contribution in [2.75, 3.05) is 19.7 Å². The number of benzene rings is 1. The fraction of sp³-hybridized carbons (Fsp3) is 0.318. The zero-order valence-electron chi connectivity index (χ0n) is 16.3. The van der Waals surface area contributed by atoms with Crippen molar-refractivity contribution in [3.05, 3.63) is 59.6 Å². The average molecular weight is 410 g/mol. The molecule has 4 rings (SSSR count). The summed E-state index contributed by atoms with van der Waals surface area (Å²) in [7, 11) is 0. The summed E-state index contributed by atoms with van der Waals surface area (Å²) in [5.74, 6) is -0.574. The lowest BCUT2D eigenvalue weighted by molar-refractivity contribution is -0.149. The van der Waals surface area contributed by atoms with Gasteiger partial charge in [-0.3, -0.25) is 9.59 Å². The Morgan fingerprint density at radius 2 is 2.03 bits per heavy atom. The second-order valence-corrected chi connectivity index (χ2v) is 7.94. The van der Waals surface area contributed by atoms with Crippen molar-refractivity contribution in [2.45, 2.75) is 19.8 Å². The maximum absolute atomic E-state index is 13.4. The van der Waals surface area contributed by atoms with Gasteiger partial charge in [-0.2, -0.15) is 5.10 Å². The quantitative estimate of drug-likeness (QED) is 0.597. The van der Waals surface area contributed by atoms with Crippen molar-refractivity contribution in [1.82, 2.24) is 14.7 Å². The number of ether oxygens (including phenoxy) is 1. The van der Waals surface area contributed by atoms with Crippen molar-refractivity contribution in [3.63, 3.8) is 0 Å². The normalized spacial score (nSPS) is 16.6. The molecule has 1 fully saturated rings. The number of carbonyl (C=O) groups excluding carboxylic acids is 2. The van der Waals surface area contributed by atoms with Gasteiger partial charge in [0.2, 0.25) is 0 Å². The minimum absolute atomic E-state index is 0.0930. The van der Waals surface area contributed by atoms with E-state index in [1.54, 1.807) is 34.0 Å². The molecule has 3 aromatic rings. The number of hydrogen-bond donors (Lipinski definition) is 0. The van der Waals surface area contributed by atoms with Crippen molar-refractivity contribution >= 4 is 23.2 Å². The zero-order valence-corrected chi connectivity index (χ0v) is 17.1. The van der Waals surface area contributed by atoms with E-state index < -0.39 is 0 Å². The van der Waals surface area contributed by atoms with Crippen LogP contribution in [-0.4, -0.2) is 46.3 Å². The molecular weight excluding hydrogens is 386 g/mol. The monoisotopic (exact) mass is 409 g/mol. The van der Waals surface area contributed by atoms with E-state index in [2.05, 4.69) is 0 Å². The molecule has 0 saturated carbocycles. The molecule has 3 heterocycles. The molecule has 1 amide bonds. The molecule has 150 valence electrons. The smallest absolute Gasteiger partial charge is 0.310 e. The van der Waals surface area contributed by atoms with Crippen molar-refractivity contribution in [1.29, 1.82) is 0 Å². The van der Waals surface area contributed by atoms with Gasteiger partial charge < -0.3 is 9.64 Å². The molecule has 0 spiro atoms. The highest BCUT2D eigenvalue weighted by Crippen LogP contribution is 2.30. The Labute approximate surface area is 173 Å². The Morgan fingerprint density at radius 3 is 2.76 bits per heavy atom. The highest BCUT2D eigenvalue weighted by molar-refractivity contribution is 7.13. The minimum atomic E-state index is -0.262. The van der Waals surface area contributed by atoms with Gasteiger partial charge in [0.15, 0.2) is 0 Å². The first-order valence-electron chi connectivity index (χ1n) is 9.82. The van der Waals surface area contributed by atoms with Crippen molar-refractivity contribution < 1.29 is 14.3 Å². The molecule has 6 nitrogen and oxygen atoms in total. The molecule has 0 unspecified atom stereocenters. The Kier molecular flexibility index (Phi) is 5.76. The fourth-order valence-corrected chi connectivity index (χ4v) is 4.35. The van der Waals surface area contributed by atoms with Crippen molar-refractivity contribution in [3.8, 4) is 16.3 Å². The van der Waals surface area contributed by atoms with E-state index in [1.807, 2.05) is 47.8 Å². The first-order chi connectivity index (χ1) is 14.2. The largest absolute Gasteiger partial charge is 0.466 e. The second kappa shape index (κ2) is 8.61. The number of likely N-dealkylation sites (tertiary alicyclic amines) is 1. The van der Waals surface area contributed by atoms with E-state index >= 15 is 0 Å². The van der Waals surface area contributed by atoms with Crippen LogP contribution in [0.25, 0.3) is 16.3 Å². The second-order valence-electron chi connectivity index (χ2n) is 6.99. The van der Waals surface area contributed by atoms with Gasteiger partial charge in [-0.25, -0.2) is 4.68 Å². The van der Waals surface area contributed by atoms with Gasteiger partial charge in [0.05, 0.1) is 28.7 Å². The molecule has 2 aromatic heterocycles. The molecule has 1 atom stereocenters. The highest BCUT2D eigenvalue weighted by Gasteiger charge is 2.32. The van der Waals surface area contributed by atoms with E-state index in [1.165, 1.54) is 0 Å². The Balaban J connectivity index is 1.65.